The van der Waals surface area contributed by atoms with E-state index >= 15 is 0 Å². The third kappa shape index (κ3) is 2.38. The van der Waals surface area contributed by atoms with Gasteiger partial charge in [0.15, 0.2) is 5.65 Å². The summed E-state index contributed by atoms with van der Waals surface area (Å²) < 4.78 is 12.5. The van der Waals surface area contributed by atoms with E-state index in [1.165, 1.54) is 0 Å². The van der Waals surface area contributed by atoms with Crippen molar-refractivity contribution in [3.8, 4) is 5.88 Å². The highest BCUT2D eigenvalue weighted by Gasteiger charge is 2.13. The predicted molar refractivity (Wildman–Crippen MR) is 69.6 cm³/mol. The van der Waals surface area contributed by atoms with Crippen LogP contribution in [0.25, 0.3) is 11.2 Å². The summed E-state index contributed by atoms with van der Waals surface area (Å²) in [7, 11) is 1.58. The molecule has 0 aliphatic heterocycles. The zero-order valence-corrected chi connectivity index (χ0v) is 10.9. The van der Waals surface area contributed by atoms with Crippen molar-refractivity contribution < 1.29 is 9.47 Å². The fourth-order valence-corrected chi connectivity index (χ4v) is 1.89. The van der Waals surface area contributed by atoms with Crippen LogP contribution in [0, 0.1) is 0 Å². The number of nitrogens with zero attached hydrogens (tertiary/aromatic N) is 3. The molecule has 0 bridgehead atoms. The topological polar surface area (TPSA) is 75.2 Å². The van der Waals surface area contributed by atoms with Crippen LogP contribution in [0.15, 0.2) is 12.1 Å². The summed E-state index contributed by atoms with van der Waals surface area (Å²) >= 11 is 0. The molecule has 0 aliphatic carbocycles. The average molecular weight is 250 g/mol. The third-order valence-corrected chi connectivity index (χ3v) is 2.70. The molecule has 18 heavy (non-hydrogen) atoms. The summed E-state index contributed by atoms with van der Waals surface area (Å²) in [6.45, 7) is 5.25. The first-order valence-electron chi connectivity index (χ1n) is 5.94. The predicted octanol–water partition coefficient (Wildman–Crippen LogP) is 1.45. The lowest BCUT2D eigenvalue weighted by Gasteiger charge is -2.13. The molecule has 0 radical (unpaired) electrons. The maximum Gasteiger partial charge on any atom is 0.215 e. The first kappa shape index (κ1) is 12.6. The van der Waals surface area contributed by atoms with Gasteiger partial charge in [-0.05, 0) is 19.9 Å². The monoisotopic (exact) mass is 250 g/mol. The van der Waals surface area contributed by atoms with E-state index in [2.05, 4.69) is 9.97 Å². The zero-order valence-electron chi connectivity index (χ0n) is 10.9. The van der Waals surface area contributed by atoms with Gasteiger partial charge < -0.3 is 15.2 Å². The molecule has 0 aliphatic rings. The van der Waals surface area contributed by atoms with E-state index in [4.69, 9.17) is 15.2 Å². The molecule has 6 nitrogen and oxygen atoms in total. The number of fused-ring (bicyclic) bond motifs is 1. The molecule has 0 aromatic carbocycles. The lowest BCUT2D eigenvalue weighted by molar-refractivity contribution is 0.0651. The van der Waals surface area contributed by atoms with Crippen molar-refractivity contribution in [3.05, 3.63) is 12.1 Å². The summed E-state index contributed by atoms with van der Waals surface area (Å²) in [6.07, 6.45) is 0.0581. The van der Waals surface area contributed by atoms with Crippen molar-refractivity contribution in [2.75, 3.05) is 19.5 Å². The minimum Gasteiger partial charge on any atom is -0.481 e. The van der Waals surface area contributed by atoms with Crippen molar-refractivity contribution in [1.29, 1.82) is 0 Å². The van der Waals surface area contributed by atoms with Crippen molar-refractivity contribution in [3.63, 3.8) is 0 Å². The Morgan fingerprint density at radius 3 is 2.83 bits per heavy atom. The maximum atomic E-state index is 5.90. The Balaban J connectivity index is 2.38. The van der Waals surface area contributed by atoms with Gasteiger partial charge in [-0.2, -0.15) is 4.98 Å². The maximum absolute atomic E-state index is 5.90. The lowest BCUT2D eigenvalue weighted by atomic mass is 10.4. The second kappa shape index (κ2) is 5.22. The minimum atomic E-state index is 0.0581. The molecule has 2 heterocycles. The summed E-state index contributed by atoms with van der Waals surface area (Å²) in [5.74, 6) is 0.991. The van der Waals surface area contributed by atoms with Crippen molar-refractivity contribution in [2.45, 2.75) is 26.5 Å². The molecule has 0 saturated carbocycles. The van der Waals surface area contributed by atoms with Crippen LogP contribution in [0.5, 0.6) is 5.88 Å². The van der Waals surface area contributed by atoms with Gasteiger partial charge in [-0.1, -0.05) is 0 Å². The number of ether oxygens (including phenoxy) is 2. The van der Waals surface area contributed by atoms with Gasteiger partial charge in [0, 0.05) is 12.7 Å². The summed E-state index contributed by atoms with van der Waals surface area (Å²) in [5.41, 5.74) is 7.39. The largest absolute Gasteiger partial charge is 0.481 e. The smallest absolute Gasteiger partial charge is 0.215 e. The van der Waals surface area contributed by atoms with Gasteiger partial charge in [0.1, 0.15) is 5.52 Å². The quantitative estimate of drug-likeness (QED) is 0.869. The third-order valence-electron chi connectivity index (χ3n) is 2.70. The van der Waals surface area contributed by atoms with Crippen LogP contribution in [-0.2, 0) is 11.3 Å². The number of nitrogens with two attached hydrogens (primary N) is 1. The van der Waals surface area contributed by atoms with Crippen LogP contribution in [0.4, 0.5) is 5.95 Å². The van der Waals surface area contributed by atoms with Gasteiger partial charge >= 0.3 is 0 Å². The average Bonchev–Trinajstić information content (AvgIpc) is 2.65. The fraction of sp³-hybridized carbons (Fsp3) is 0.500. The Morgan fingerprint density at radius 1 is 1.39 bits per heavy atom. The molecule has 1 atom stereocenters. The number of hydrogen-bond donors (Lipinski definition) is 1. The van der Waals surface area contributed by atoms with E-state index in [0.29, 0.717) is 25.0 Å². The minimum absolute atomic E-state index is 0.0581. The Morgan fingerprint density at radius 2 is 2.17 bits per heavy atom. The molecule has 0 saturated heterocycles. The van der Waals surface area contributed by atoms with Gasteiger partial charge in [0.2, 0.25) is 11.8 Å². The molecular weight excluding hydrogens is 232 g/mol. The molecule has 0 amide bonds. The number of pyridine rings is 1. The zero-order chi connectivity index (χ0) is 13.1. The number of imidazole rings is 1. The normalized spacial score (nSPS) is 12.8. The number of rotatable bonds is 5. The molecule has 98 valence electrons. The van der Waals surface area contributed by atoms with Crippen LogP contribution in [-0.4, -0.2) is 34.4 Å². The summed E-state index contributed by atoms with van der Waals surface area (Å²) in [6, 6.07) is 3.62. The van der Waals surface area contributed by atoms with Gasteiger partial charge in [-0.3, -0.25) is 4.57 Å². The highest BCUT2D eigenvalue weighted by Crippen LogP contribution is 2.19. The van der Waals surface area contributed by atoms with E-state index in [9.17, 15) is 0 Å². The van der Waals surface area contributed by atoms with Crippen molar-refractivity contribution in [1.82, 2.24) is 14.5 Å². The lowest BCUT2D eigenvalue weighted by Crippen LogP contribution is -2.18. The number of hydrogen-bond acceptors (Lipinski definition) is 5. The fourth-order valence-electron chi connectivity index (χ4n) is 1.89. The summed E-state index contributed by atoms with van der Waals surface area (Å²) in [4.78, 5) is 8.64. The molecule has 2 aromatic rings. The number of aromatic nitrogens is 3. The second-order valence-corrected chi connectivity index (χ2v) is 4.04. The number of anilines is 1. The van der Waals surface area contributed by atoms with Crippen LogP contribution >= 0.6 is 0 Å². The van der Waals surface area contributed by atoms with Gasteiger partial charge in [0.05, 0.1) is 19.8 Å². The molecule has 2 rings (SSSR count). The van der Waals surface area contributed by atoms with Gasteiger partial charge in [-0.25, -0.2) is 4.98 Å². The van der Waals surface area contributed by atoms with Crippen molar-refractivity contribution in [2.24, 2.45) is 0 Å². The summed E-state index contributed by atoms with van der Waals surface area (Å²) in [5, 5.41) is 0. The second-order valence-electron chi connectivity index (χ2n) is 4.04. The van der Waals surface area contributed by atoms with Gasteiger partial charge in [-0.15, -0.1) is 0 Å². The first-order valence-corrected chi connectivity index (χ1v) is 5.94. The Labute approximate surface area is 106 Å². The molecule has 6 heteroatoms. The van der Waals surface area contributed by atoms with Crippen LogP contribution in [0.3, 0.4) is 0 Å². The van der Waals surface area contributed by atoms with E-state index in [1.807, 2.05) is 24.5 Å². The van der Waals surface area contributed by atoms with E-state index < -0.39 is 0 Å². The Kier molecular flexibility index (Phi) is 3.66. The van der Waals surface area contributed by atoms with Crippen molar-refractivity contribution >= 4 is 17.1 Å². The Hall–Kier alpha value is -1.82. The molecule has 2 N–H and O–H groups in total. The van der Waals surface area contributed by atoms with Gasteiger partial charge in [0.25, 0.3) is 0 Å². The van der Waals surface area contributed by atoms with Crippen LogP contribution in [0.2, 0.25) is 0 Å². The van der Waals surface area contributed by atoms with E-state index in [0.717, 1.165) is 11.2 Å². The standard InChI is InChI=1S/C12H18N4O2/c1-4-18-8(2)7-16-11-9(14-12(16)13)5-6-10(15-11)17-3/h5-6,8H,4,7H2,1-3H3,(H2,13,14). The van der Waals surface area contributed by atoms with Crippen LogP contribution in [0.1, 0.15) is 13.8 Å². The molecule has 2 aromatic heterocycles. The Bertz CT molecular complexity index is 538. The molecule has 0 fully saturated rings. The van der Waals surface area contributed by atoms with E-state index in [1.54, 1.807) is 13.2 Å². The van der Waals surface area contributed by atoms with E-state index in [-0.39, 0.29) is 6.10 Å². The molecular formula is C12H18N4O2. The highest BCUT2D eigenvalue weighted by atomic mass is 16.5. The molecule has 1 unspecified atom stereocenters. The SMILES string of the molecule is CCOC(C)Cn1c(N)nc2ccc(OC)nc21. The molecule has 0 spiro atoms. The number of nitrogen functional groups attached to an aromatic ring is 1. The number of methoxy groups -OCH3 is 1. The van der Waals surface area contributed by atoms with Crippen LogP contribution < -0.4 is 10.5 Å². The highest BCUT2D eigenvalue weighted by molar-refractivity contribution is 5.74. The first-order chi connectivity index (χ1) is 8.65.